The van der Waals surface area contributed by atoms with Crippen LogP contribution >= 0.6 is 0 Å². The zero-order valence-electron chi connectivity index (χ0n) is 11.7. The third-order valence-electron chi connectivity index (χ3n) is 2.79. The topological polar surface area (TPSA) is 92.6 Å². The van der Waals surface area contributed by atoms with Gasteiger partial charge in [0.05, 0.1) is 5.69 Å². The van der Waals surface area contributed by atoms with Crippen molar-refractivity contribution in [3.05, 3.63) is 65.6 Å². The van der Waals surface area contributed by atoms with Crippen molar-refractivity contribution in [3.8, 4) is 29.7 Å². The summed E-state index contributed by atoms with van der Waals surface area (Å²) >= 11 is 0. The average molecular weight is 304 g/mol. The molecule has 0 aliphatic heterocycles. The van der Waals surface area contributed by atoms with Gasteiger partial charge in [0.25, 0.3) is 0 Å². The molecule has 0 aliphatic rings. The van der Waals surface area contributed by atoms with Crippen LogP contribution in [0.1, 0.15) is 0 Å². The van der Waals surface area contributed by atoms with E-state index in [1.165, 1.54) is 18.2 Å². The Labute approximate surface area is 132 Å². The average Bonchev–Trinajstić information content (AvgIpc) is 2.58. The summed E-state index contributed by atoms with van der Waals surface area (Å²) in [4.78, 5) is 0. The van der Waals surface area contributed by atoms with Crippen molar-refractivity contribution in [1.29, 1.82) is 15.8 Å². The molecule has 110 valence electrons. The summed E-state index contributed by atoms with van der Waals surface area (Å²) in [6, 6.07) is 17.4. The van der Waals surface area contributed by atoms with Crippen molar-refractivity contribution in [1.82, 2.24) is 0 Å². The minimum atomic E-state index is -0.534. The molecule has 0 atom stereocenters. The number of halogens is 1. The Hall–Kier alpha value is -3.82. The number of benzene rings is 2. The molecule has 0 spiro atoms. The largest absolute Gasteiger partial charge is 0.452 e. The molecule has 2 aromatic carbocycles. The standard InChI is InChI=1S/C17H9FN4O/c18-13-5-1-3-7-16(13)23-17-8-4-2-6-14(17)22-15(11-21)12(9-19)10-20/h1-8,22H. The Morgan fingerprint density at radius 2 is 1.48 bits per heavy atom. The van der Waals surface area contributed by atoms with Gasteiger partial charge < -0.3 is 10.1 Å². The van der Waals surface area contributed by atoms with Crippen molar-refractivity contribution >= 4 is 5.69 Å². The third-order valence-corrected chi connectivity index (χ3v) is 2.79. The highest BCUT2D eigenvalue weighted by molar-refractivity contribution is 5.65. The van der Waals surface area contributed by atoms with Gasteiger partial charge >= 0.3 is 0 Å². The van der Waals surface area contributed by atoms with Crippen LogP contribution in [-0.4, -0.2) is 0 Å². The predicted octanol–water partition coefficient (Wildman–Crippen LogP) is 3.85. The Balaban J connectivity index is 2.38. The maximum absolute atomic E-state index is 13.7. The highest BCUT2D eigenvalue weighted by Gasteiger charge is 2.11. The van der Waals surface area contributed by atoms with Crippen LogP contribution in [0.5, 0.6) is 11.5 Å². The molecular formula is C17H9FN4O. The number of nitrogens with one attached hydrogen (secondary N) is 1. The number of hydrogen-bond donors (Lipinski definition) is 1. The van der Waals surface area contributed by atoms with Crippen molar-refractivity contribution < 1.29 is 9.13 Å². The summed E-state index contributed by atoms with van der Waals surface area (Å²) < 4.78 is 19.2. The molecule has 0 radical (unpaired) electrons. The summed E-state index contributed by atoms with van der Waals surface area (Å²) in [5.41, 5.74) is -0.233. The Bertz CT molecular complexity index is 868. The fourth-order valence-electron chi connectivity index (χ4n) is 1.72. The fourth-order valence-corrected chi connectivity index (χ4v) is 1.72. The Morgan fingerprint density at radius 1 is 0.870 bits per heavy atom. The minimum Gasteiger partial charge on any atom is -0.452 e. The molecule has 6 heteroatoms. The second kappa shape index (κ2) is 7.26. The molecule has 0 heterocycles. The Kier molecular flexibility index (Phi) is 4.92. The summed E-state index contributed by atoms with van der Waals surface area (Å²) in [5.74, 6) is -0.265. The van der Waals surface area contributed by atoms with Crippen molar-refractivity contribution in [2.24, 2.45) is 0 Å². The second-order valence-corrected chi connectivity index (χ2v) is 4.24. The van der Waals surface area contributed by atoms with E-state index >= 15 is 0 Å². The number of anilines is 1. The van der Waals surface area contributed by atoms with Crippen LogP contribution in [0.3, 0.4) is 0 Å². The maximum Gasteiger partial charge on any atom is 0.165 e. The van der Waals surface area contributed by atoms with Crippen LogP contribution < -0.4 is 10.1 Å². The summed E-state index contributed by atoms with van der Waals surface area (Å²) in [5, 5.41) is 29.4. The quantitative estimate of drug-likeness (QED) is 0.866. The molecule has 0 aromatic heterocycles. The van der Waals surface area contributed by atoms with Gasteiger partial charge in [-0.1, -0.05) is 24.3 Å². The van der Waals surface area contributed by atoms with Gasteiger partial charge in [0.2, 0.25) is 0 Å². The van der Waals surface area contributed by atoms with Gasteiger partial charge in [-0.05, 0) is 24.3 Å². The van der Waals surface area contributed by atoms with E-state index < -0.39 is 5.82 Å². The van der Waals surface area contributed by atoms with Crippen LogP contribution in [0.4, 0.5) is 10.1 Å². The smallest absolute Gasteiger partial charge is 0.165 e. The number of rotatable bonds is 4. The molecule has 23 heavy (non-hydrogen) atoms. The zero-order chi connectivity index (χ0) is 16.7. The van der Waals surface area contributed by atoms with Crippen LogP contribution in [0.25, 0.3) is 0 Å². The number of para-hydroxylation sites is 3. The summed E-state index contributed by atoms with van der Waals surface area (Å²) in [6.07, 6.45) is 0. The summed E-state index contributed by atoms with van der Waals surface area (Å²) in [7, 11) is 0. The first-order valence-corrected chi connectivity index (χ1v) is 6.42. The molecule has 2 rings (SSSR count). The van der Waals surface area contributed by atoms with Crippen LogP contribution in [0, 0.1) is 39.8 Å². The Morgan fingerprint density at radius 3 is 2.09 bits per heavy atom. The van der Waals surface area contributed by atoms with E-state index in [-0.39, 0.29) is 22.8 Å². The minimum absolute atomic E-state index is 0.0185. The summed E-state index contributed by atoms with van der Waals surface area (Å²) in [6.45, 7) is 0. The number of nitrogens with zero attached hydrogens (tertiary/aromatic N) is 3. The SMILES string of the molecule is N#CC(C#N)=C(C#N)Nc1ccccc1Oc1ccccc1F. The van der Waals surface area contributed by atoms with Gasteiger partial charge in [-0.2, -0.15) is 15.8 Å². The lowest BCUT2D eigenvalue weighted by atomic mass is 10.2. The van der Waals surface area contributed by atoms with Crippen molar-refractivity contribution in [3.63, 3.8) is 0 Å². The first kappa shape index (κ1) is 15.6. The molecule has 0 amide bonds. The van der Waals surface area contributed by atoms with E-state index in [4.69, 9.17) is 20.5 Å². The van der Waals surface area contributed by atoms with Crippen molar-refractivity contribution in [2.75, 3.05) is 5.32 Å². The molecule has 2 aromatic rings. The van der Waals surface area contributed by atoms with E-state index in [0.717, 1.165) is 0 Å². The first-order valence-electron chi connectivity index (χ1n) is 6.42. The molecule has 1 N–H and O–H groups in total. The maximum atomic E-state index is 13.7. The molecule has 0 saturated heterocycles. The number of hydrogen-bond acceptors (Lipinski definition) is 5. The first-order chi connectivity index (χ1) is 11.2. The van der Waals surface area contributed by atoms with Gasteiger partial charge in [-0.3, -0.25) is 0 Å². The van der Waals surface area contributed by atoms with Crippen molar-refractivity contribution in [2.45, 2.75) is 0 Å². The van der Waals surface area contributed by atoms with Gasteiger partial charge in [-0.15, -0.1) is 0 Å². The molecule has 0 saturated carbocycles. The second-order valence-electron chi connectivity index (χ2n) is 4.24. The monoisotopic (exact) mass is 304 g/mol. The normalized spacial score (nSPS) is 8.96. The zero-order valence-corrected chi connectivity index (χ0v) is 11.7. The third kappa shape index (κ3) is 3.64. The highest BCUT2D eigenvalue weighted by Crippen LogP contribution is 2.31. The van der Waals surface area contributed by atoms with Gasteiger partial charge in [0.1, 0.15) is 23.9 Å². The predicted molar refractivity (Wildman–Crippen MR) is 80.4 cm³/mol. The molecule has 0 aliphatic carbocycles. The molecule has 5 nitrogen and oxygen atoms in total. The fraction of sp³-hybridized carbons (Fsp3) is 0. The van der Waals surface area contributed by atoms with Crippen LogP contribution in [0.2, 0.25) is 0 Å². The van der Waals surface area contributed by atoms with Gasteiger partial charge in [-0.25, -0.2) is 4.39 Å². The molecule has 0 fully saturated rings. The van der Waals surface area contributed by atoms with E-state index in [9.17, 15) is 4.39 Å². The van der Waals surface area contributed by atoms with E-state index in [2.05, 4.69) is 5.32 Å². The van der Waals surface area contributed by atoms with Gasteiger partial charge in [0.15, 0.2) is 22.9 Å². The lowest BCUT2D eigenvalue weighted by Crippen LogP contribution is -2.02. The van der Waals surface area contributed by atoms with Gasteiger partial charge in [0, 0.05) is 0 Å². The number of ether oxygens (including phenoxy) is 1. The molecule has 0 unspecified atom stereocenters. The lowest BCUT2D eigenvalue weighted by Gasteiger charge is -2.12. The highest BCUT2D eigenvalue weighted by atomic mass is 19.1. The molecular weight excluding hydrogens is 295 g/mol. The van der Waals surface area contributed by atoms with Crippen LogP contribution in [-0.2, 0) is 0 Å². The number of allylic oxidation sites excluding steroid dienone is 2. The van der Waals surface area contributed by atoms with Crippen LogP contribution in [0.15, 0.2) is 59.8 Å². The molecule has 0 bridgehead atoms. The number of nitriles is 3. The van der Waals surface area contributed by atoms with E-state index in [1.807, 2.05) is 0 Å². The van der Waals surface area contributed by atoms with E-state index in [0.29, 0.717) is 5.69 Å². The lowest BCUT2D eigenvalue weighted by molar-refractivity contribution is 0.444. The van der Waals surface area contributed by atoms with E-state index in [1.54, 1.807) is 48.5 Å².